The molecular formula is C26H22N2O3. The second-order valence-electron chi connectivity index (χ2n) is 7.93. The van der Waals surface area contributed by atoms with E-state index in [2.05, 4.69) is 4.90 Å². The summed E-state index contributed by atoms with van der Waals surface area (Å²) in [7, 11) is 4.00. The number of hydrogen-bond donors (Lipinski definition) is 0. The fraction of sp³-hybridized carbons (Fsp3) is 0.154. The summed E-state index contributed by atoms with van der Waals surface area (Å²) in [6.07, 6.45) is 0. The molecule has 154 valence electrons. The number of carbonyl (C=O) groups is 1. The molecule has 1 aliphatic carbocycles. The van der Waals surface area contributed by atoms with Gasteiger partial charge in [0.15, 0.2) is 5.78 Å². The molecule has 0 spiro atoms. The lowest BCUT2D eigenvalue weighted by Crippen LogP contribution is -2.22. The quantitative estimate of drug-likeness (QED) is 0.437. The zero-order valence-corrected chi connectivity index (χ0v) is 17.5. The van der Waals surface area contributed by atoms with Crippen molar-refractivity contribution < 1.29 is 9.53 Å². The molecule has 0 aliphatic heterocycles. The highest BCUT2D eigenvalue weighted by Gasteiger charge is 2.32. The van der Waals surface area contributed by atoms with E-state index in [1.807, 2.05) is 80.8 Å². The van der Waals surface area contributed by atoms with Crippen LogP contribution in [0, 0.1) is 0 Å². The van der Waals surface area contributed by atoms with Gasteiger partial charge in [0.05, 0.1) is 11.3 Å². The number of carbonyl (C=O) groups excluding carboxylic acids is 1. The van der Waals surface area contributed by atoms with Crippen LogP contribution in [-0.4, -0.2) is 42.5 Å². The Bertz CT molecular complexity index is 1370. The van der Waals surface area contributed by atoms with Crippen molar-refractivity contribution in [2.24, 2.45) is 0 Å². The Morgan fingerprint density at radius 3 is 2.16 bits per heavy atom. The number of ketones is 1. The molecule has 0 saturated carbocycles. The maximum Gasteiger partial charge on any atom is 0.263 e. The number of rotatable bonds is 5. The number of fused-ring (bicyclic) bond motifs is 5. The molecule has 3 aromatic carbocycles. The molecule has 5 heteroatoms. The second kappa shape index (κ2) is 7.52. The number of likely N-dealkylation sites (N-methyl/N-ethyl adjacent to an activating group) is 1. The predicted molar refractivity (Wildman–Crippen MR) is 122 cm³/mol. The molecule has 1 aliphatic rings. The fourth-order valence-electron chi connectivity index (χ4n) is 4.14. The van der Waals surface area contributed by atoms with E-state index in [0.29, 0.717) is 39.9 Å². The SMILES string of the molecule is CN(C)CCOc1ccc(-n2c3c(c4ccccc4c2=O)C(=O)c2ccccc2-3)cc1. The minimum atomic E-state index is -0.139. The molecule has 0 fully saturated rings. The Hall–Kier alpha value is -3.70. The molecule has 0 amide bonds. The van der Waals surface area contributed by atoms with Gasteiger partial charge in [-0.05, 0) is 44.4 Å². The highest BCUT2D eigenvalue weighted by Crippen LogP contribution is 2.40. The molecule has 0 unspecified atom stereocenters. The number of hydrogen-bond acceptors (Lipinski definition) is 4. The summed E-state index contributed by atoms with van der Waals surface area (Å²) in [5.41, 5.74) is 3.23. The first-order chi connectivity index (χ1) is 15.1. The third kappa shape index (κ3) is 3.14. The Labute approximate surface area is 180 Å². The minimum Gasteiger partial charge on any atom is -0.492 e. The van der Waals surface area contributed by atoms with Gasteiger partial charge in [0, 0.05) is 34.1 Å². The summed E-state index contributed by atoms with van der Waals surface area (Å²) in [6.45, 7) is 1.40. The maximum absolute atomic E-state index is 13.6. The summed E-state index contributed by atoms with van der Waals surface area (Å²) in [5, 5.41) is 1.23. The minimum absolute atomic E-state index is 0.0424. The van der Waals surface area contributed by atoms with Gasteiger partial charge in [-0.3, -0.25) is 14.2 Å². The smallest absolute Gasteiger partial charge is 0.263 e. The van der Waals surface area contributed by atoms with E-state index in [1.165, 1.54) is 0 Å². The van der Waals surface area contributed by atoms with E-state index >= 15 is 0 Å². The van der Waals surface area contributed by atoms with Gasteiger partial charge in [0.2, 0.25) is 0 Å². The largest absolute Gasteiger partial charge is 0.492 e. The summed E-state index contributed by atoms with van der Waals surface area (Å²) >= 11 is 0. The van der Waals surface area contributed by atoms with Crippen molar-refractivity contribution in [3.63, 3.8) is 0 Å². The molecule has 0 bridgehead atoms. The van der Waals surface area contributed by atoms with Gasteiger partial charge in [0.1, 0.15) is 12.4 Å². The molecule has 31 heavy (non-hydrogen) atoms. The van der Waals surface area contributed by atoms with Crippen molar-refractivity contribution in [1.82, 2.24) is 9.47 Å². The van der Waals surface area contributed by atoms with E-state index < -0.39 is 0 Å². The van der Waals surface area contributed by atoms with Crippen molar-refractivity contribution in [1.29, 1.82) is 0 Å². The van der Waals surface area contributed by atoms with Crippen molar-refractivity contribution in [3.8, 4) is 22.7 Å². The Morgan fingerprint density at radius 1 is 0.806 bits per heavy atom. The lowest BCUT2D eigenvalue weighted by Gasteiger charge is -2.16. The van der Waals surface area contributed by atoms with Crippen LogP contribution in [0.3, 0.4) is 0 Å². The van der Waals surface area contributed by atoms with Crippen molar-refractivity contribution in [2.75, 3.05) is 27.2 Å². The van der Waals surface area contributed by atoms with Crippen molar-refractivity contribution in [3.05, 3.63) is 94.3 Å². The Balaban J connectivity index is 1.70. The Kier molecular flexibility index (Phi) is 4.68. The number of nitrogens with zero attached hydrogens (tertiary/aromatic N) is 2. The number of pyridine rings is 1. The van der Waals surface area contributed by atoms with Gasteiger partial charge in [-0.25, -0.2) is 0 Å². The number of ether oxygens (including phenoxy) is 1. The zero-order valence-electron chi connectivity index (χ0n) is 17.5. The molecule has 4 aromatic rings. The highest BCUT2D eigenvalue weighted by atomic mass is 16.5. The molecule has 1 heterocycles. The van der Waals surface area contributed by atoms with Crippen LogP contribution in [-0.2, 0) is 0 Å². The van der Waals surface area contributed by atoms with Crippen LogP contribution < -0.4 is 10.3 Å². The standard InChI is InChI=1S/C26H22N2O3/c1-27(2)15-16-31-18-13-11-17(12-14-18)28-24-20-8-4-5-9-21(20)25(29)23(24)19-7-3-6-10-22(19)26(28)30/h3-14H,15-16H2,1-2H3. The third-order valence-electron chi connectivity index (χ3n) is 5.65. The van der Waals surface area contributed by atoms with E-state index in [9.17, 15) is 9.59 Å². The van der Waals surface area contributed by atoms with Gasteiger partial charge in [-0.15, -0.1) is 0 Å². The average Bonchev–Trinajstić information content (AvgIpc) is 3.08. The van der Waals surface area contributed by atoms with Crippen LogP contribution in [0.1, 0.15) is 15.9 Å². The van der Waals surface area contributed by atoms with Gasteiger partial charge in [-0.2, -0.15) is 0 Å². The molecule has 0 radical (unpaired) electrons. The average molecular weight is 410 g/mol. The second-order valence-corrected chi connectivity index (χ2v) is 7.93. The topological polar surface area (TPSA) is 51.5 Å². The normalized spacial score (nSPS) is 12.3. The van der Waals surface area contributed by atoms with E-state index in [4.69, 9.17) is 4.74 Å². The van der Waals surface area contributed by atoms with E-state index in [1.54, 1.807) is 10.6 Å². The molecule has 5 rings (SSSR count). The fourth-order valence-corrected chi connectivity index (χ4v) is 4.14. The maximum atomic E-state index is 13.6. The van der Waals surface area contributed by atoms with Crippen LogP contribution in [0.4, 0.5) is 0 Å². The molecule has 0 N–H and O–H groups in total. The lowest BCUT2D eigenvalue weighted by molar-refractivity contribution is 0.104. The summed E-state index contributed by atoms with van der Waals surface area (Å²) < 4.78 is 7.45. The molecule has 1 aromatic heterocycles. The summed E-state index contributed by atoms with van der Waals surface area (Å²) in [5.74, 6) is 0.701. The Morgan fingerprint density at radius 2 is 1.45 bits per heavy atom. The highest BCUT2D eigenvalue weighted by molar-refractivity contribution is 6.26. The summed E-state index contributed by atoms with van der Waals surface area (Å²) in [6, 6.07) is 22.3. The van der Waals surface area contributed by atoms with Gasteiger partial charge in [-0.1, -0.05) is 42.5 Å². The zero-order chi connectivity index (χ0) is 21.5. The van der Waals surface area contributed by atoms with Crippen LogP contribution in [0.25, 0.3) is 27.7 Å². The summed E-state index contributed by atoms with van der Waals surface area (Å²) in [4.78, 5) is 28.9. The molecule has 0 saturated heterocycles. The van der Waals surface area contributed by atoms with Gasteiger partial charge in [0.25, 0.3) is 5.56 Å². The van der Waals surface area contributed by atoms with Crippen LogP contribution in [0.2, 0.25) is 0 Å². The van der Waals surface area contributed by atoms with Crippen molar-refractivity contribution in [2.45, 2.75) is 0 Å². The molecule has 0 atom stereocenters. The van der Waals surface area contributed by atoms with E-state index in [0.717, 1.165) is 17.9 Å². The first-order valence-electron chi connectivity index (χ1n) is 10.3. The number of benzene rings is 3. The molecule has 5 nitrogen and oxygen atoms in total. The first-order valence-corrected chi connectivity index (χ1v) is 10.3. The molecular weight excluding hydrogens is 388 g/mol. The lowest BCUT2D eigenvalue weighted by atomic mass is 10.0. The monoisotopic (exact) mass is 410 g/mol. The van der Waals surface area contributed by atoms with E-state index in [-0.39, 0.29) is 11.3 Å². The first kappa shape index (κ1) is 19.3. The predicted octanol–water partition coefficient (Wildman–Crippen LogP) is 4.14. The van der Waals surface area contributed by atoms with Crippen LogP contribution >= 0.6 is 0 Å². The van der Waals surface area contributed by atoms with Crippen molar-refractivity contribution >= 4 is 16.6 Å². The van der Waals surface area contributed by atoms with Crippen LogP contribution in [0.15, 0.2) is 77.6 Å². The van der Waals surface area contributed by atoms with Gasteiger partial charge < -0.3 is 9.64 Å². The third-order valence-corrected chi connectivity index (χ3v) is 5.65. The number of aromatic nitrogens is 1. The van der Waals surface area contributed by atoms with Crippen LogP contribution in [0.5, 0.6) is 5.75 Å². The van der Waals surface area contributed by atoms with Gasteiger partial charge >= 0.3 is 0 Å².